The second-order valence-electron chi connectivity index (χ2n) is 4.78. The number of nitrogens with zero attached hydrogens (tertiary/aromatic N) is 1. The maximum absolute atomic E-state index is 13.5. The number of benzene rings is 1. The second-order valence-corrected chi connectivity index (χ2v) is 4.78. The van der Waals surface area contributed by atoms with Gasteiger partial charge < -0.3 is 10.5 Å². The largest absolute Gasteiger partial charge is 0.483 e. The molecule has 0 radical (unpaired) electrons. The molecule has 0 heterocycles. The van der Waals surface area contributed by atoms with E-state index in [2.05, 4.69) is 0 Å². The van der Waals surface area contributed by atoms with E-state index >= 15 is 0 Å². The van der Waals surface area contributed by atoms with E-state index in [1.165, 1.54) is 12.1 Å². The van der Waals surface area contributed by atoms with E-state index in [9.17, 15) is 14.5 Å². The van der Waals surface area contributed by atoms with Crippen LogP contribution in [0.2, 0.25) is 0 Å². The van der Waals surface area contributed by atoms with Crippen LogP contribution >= 0.6 is 0 Å². The average molecular weight is 268 g/mol. The third-order valence-corrected chi connectivity index (χ3v) is 3.55. The van der Waals surface area contributed by atoms with Crippen LogP contribution in [0.4, 0.5) is 10.1 Å². The van der Waals surface area contributed by atoms with Gasteiger partial charge in [-0.1, -0.05) is 12.5 Å². The molecule has 5 nitrogen and oxygen atoms in total. The van der Waals surface area contributed by atoms with Crippen molar-refractivity contribution in [2.45, 2.75) is 31.8 Å². The molecule has 2 rings (SSSR count). The number of para-hydroxylation sites is 1. The van der Waals surface area contributed by atoms with Crippen molar-refractivity contribution in [3.63, 3.8) is 0 Å². The number of halogens is 1. The molecule has 2 atom stereocenters. The lowest BCUT2D eigenvalue weighted by atomic mass is 9.86. The van der Waals surface area contributed by atoms with Gasteiger partial charge in [-0.25, -0.2) is 0 Å². The van der Waals surface area contributed by atoms with E-state index < -0.39 is 16.4 Å². The van der Waals surface area contributed by atoms with Gasteiger partial charge in [0, 0.05) is 5.92 Å². The van der Waals surface area contributed by atoms with Crippen molar-refractivity contribution in [2.75, 3.05) is 6.54 Å². The van der Waals surface area contributed by atoms with E-state index in [1.54, 1.807) is 0 Å². The van der Waals surface area contributed by atoms with Crippen molar-refractivity contribution in [3.05, 3.63) is 34.1 Å². The third-order valence-electron chi connectivity index (χ3n) is 3.55. The minimum absolute atomic E-state index is 0.00431. The zero-order chi connectivity index (χ0) is 13.8. The van der Waals surface area contributed by atoms with Crippen LogP contribution in [0.25, 0.3) is 0 Å². The Morgan fingerprint density at radius 1 is 1.42 bits per heavy atom. The van der Waals surface area contributed by atoms with Crippen molar-refractivity contribution < 1.29 is 14.1 Å². The lowest BCUT2D eigenvalue weighted by Gasteiger charge is -2.30. The van der Waals surface area contributed by atoms with Gasteiger partial charge in [0.2, 0.25) is 11.6 Å². The zero-order valence-electron chi connectivity index (χ0n) is 10.5. The molecule has 2 unspecified atom stereocenters. The number of nitro benzene ring substituents is 1. The fourth-order valence-corrected chi connectivity index (χ4v) is 2.53. The minimum atomic E-state index is -0.873. The summed E-state index contributed by atoms with van der Waals surface area (Å²) in [6, 6.07) is 3.91. The predicted octanol–water partition coefficient (Wildman–Crippen LogP) is 2.63. The van der Waals surface area contributed by atoms with Crippen LogP contribution in [-0.2, 0) is 0 Å². The molecule has 0 aliphatic heterocycles. The first-order valence-electron chi connectivity index (χ1n) is 6.43. The van der Waals surface area contributed by atoms with E-state index in [0.717, 1.165) is 31.7 Å². The molecule has 0 saturated heterocycles. The molecule has 1 fully saturated rings. The summed E-state index contributed by atoms with van der Waals surface area (Å²) in [6.45, 7) is 0.480. The summed E-state index contributed by atoms with van der Waals surface area (Å²) in [6.07, 6.45) is 3.68. The van der Waals surface area contributed by atoms with E-state index in [4.69, 9.17) is 10.5 Å². The molecule has 2 N–H and O–H groups in total. The molecule has 0 amide bonds. The predicted molar refractivity (Wildman–Crippen MR) is 68.5 cm³/mol. The van der Waals surface area contributed by atoms with Gasteiger partial charge in [-0.05, 0) is 37.9 Å². The molecule has 1 aromatic rings. The number of hydrogen-bond donors (Lipinski definition) is 1. The van der Waals surface area contributed by atoms with Crippen molar-refractivity contribution in [1.29, 1.82) is 0 Å². The highest BCUT2D eigenvalue weighted by atomic mass is 19.1. The van der Waals surface area contributed by atoms with Gasteiger partial charge in [0.15, 0.2) is 0 Å². The minimum Gasteiger partial charge on any atom is -0.483 e. The highest BCUT2D eigenvalue weighted by Gasteiger charge is 2.29. The van der Waals surface area contributed by atoms with Crippen molar-refractivity contribution >= 4 is 5.69 Å². The van der Waals surface area contributed by atoms with E-state index in [0.29, 0.717) is 6.54 Å². The molecular formula is C13H17FN2O3. The smallest absolute Gasteiger partial charge is 0.346 e. The summed E-state index contributed by atoms with van der Waals surface area (Å²) < 4.78 is 19.2. The average Bonchev–Trinajstić information content (AvgIpc) is 2.39. The molecule has 0 bridgehead atoms. The third kappa shape index (κ3) is 3.01. The van der Waals surface area contributed by atoms with Crippen LogP contribution in [-0.4, -0.2) is 17.6 Å². The summed E-state index contributed by atoms with van der Waals surface area (Å²) in [5.74, 6) is -0.699. The Balaban J connectivity index is 2.22. The quantitative estimate of drug-likeness (QED) is 0.672. The highest BCUT2D eigenvalue weighted by molar-refractivity contribution is 5.47. The van der Waals surface area contributed by atoms with E-state index in [-0.39, 0.29) is 17.8 Å². The maximum Gasteiger partial charge on any atom is 0.346 e. The first-order chi connectivity index (χ1) is 9.13. The van der Waals surface area contributed by atoms with Gasteiger partial charge in [0.25, 0.3) is 0 Å². The number of nitrogens with two attached hydrogens (primary N) is 1. The first kappa shape index (κ1) is 13.7. The lowest BCUT2D eigenvalue weighted by Crippen LogP contribution is -2.35. The normalized spacial score (nSPS) is 23.1. The first-order valence-corrected chi connectivity index (χ1v) is 6.43. The molecule has 19 heavy (non-hydrogen) atoms. The Bertz CT molecular complexity index is 467. The van der Waals surface area contributed by atoms with Gasteiger partial charge >= 0.3 is 5.69 Å². The van der Waals surface area contributed by atoms with Crippen LogP contribution in [0.5, 0.6) is 5.75 Å². The van der Waals surface area contributed by atoms with Gasteiger partial charge in [0.1, 0.15) is 6.10 Å². The molecule has 1 saturated carbocycles. The molecule has 1 aromatic carbocycles. The second kappa shape index (κ2) is 5.97. The van der Waals surface area contributed by atoms with Crippen LogP contribution < -0.4 is 10.5 Å². The highest BCUT2D eigenvalue weighted by Crippen LogP contribution is 2.34. The number of rotatable bonds is 4. The molecular weight excluding hydrogens is 251 g/mol. The van der Waals surface area contributed by atoms with Gasteiger partial charge in [0.05, 0.1) is 4.92 Å². The SMILES string of the molecule is NCC1CCCCC1Oc1cccc(F)c1[N+](=O)[O-]. The molecule has 1 aliphatic rings. The van der Waals surface area contributed by atoms with E-state index in [1.807, 2.05) is 0 Å². The van der Waals surface area contributed by atoms with Crippen LogP contribution in [0, 0.1) is 21.8 Å². The van der Waals surface area contributed by atoms with Crippen LogP contribution in [0.3, 0.4) is 0 Å². The fraction of sp³-hybridized carbons (Fsp3) is 0.538. The molecule has 0 aromatic heterocycles. The molecule has 0 spiro atoms. The van der Waals surface area contributed by atoms with Gasteiger partial charge in [-0.3, -0.25) is 10.1 Å². The number of ether oxygens (including phenoxy) is 1. The number of nitro groups is 1. The van der Waals surface area contributed by atoms with Crippen molar-refractivity contribution in [3.8, 4) is 5.75 Å². The monoisotopic (exact) mass is 268 g/mol. The Hall–Kier alpha value is -1.69. The Kier molecular flexibility index (Phi) is 4.31. The molecule has 6 heteroatoms. The Labute approximate surface area is 110 Å². The Morgan fingerprint density at radius 2 is 2.16 bits per heavy atom. The Morgan fingerprint density at radius 3 is 2.84 bits per heavy atom. The summed E-state index contributed by atoms with van der Waals surface area (Å²) in [7, 11) is 0. The van der Waals surface area contributed by atoms with Crippen LogP contribution in [0.1, 0.15) is 25.7 Å². The zero-order valence-corrected chi connectivity index (χ0v) is 10.5. The fourth-order valence-electron chi connectivity index (χ4n) is 2.53. The van der Waals surface area contributed by atoms with Crippen LogP contribution in [0.15, 0.2) is 18.2 Å². The van der Waals surface area contributed by atoms with Gasteiger partial charge in [-0.15, -0.1) is 0 Å². The standard InChI is InChI=1S/C13H17FN2O3/c14-10-5-3-7-12(13(10)16(17)18)19-11-6-2-1-4-9(11)8-15/h3,5,7,9,11H,1-2,4,6,8,15H2. The van der Waals surface area contributed by atoms with Crippen molar-refractivity contribution in [2.24, 2.45) is 11.7 Å². The maximum atomic E-state index is 13.5. The summed E-state index contributed by atoms with van der Waals surface area (Å²) >= 11 is 0. The molecule has 1 aliphatic carbocycles. The summed E-state index contributed by atoms with van der Waals surface area (Å²) in [5, 5.41) is 10.9. The van der Waals surface area contributed by atoms with Gasteiger partial charge in [-0.2, -0.15) is 4.39 Å². The lowest BCUT2D eigenvalue weighted by molar-refractivity contribution is -0.388. The summed E-state index contributed by atoms with van der Waals surface area (Å²) in [4.78, 5) is 10.2. The van der Waals surface area contributed by atoms with Crippen molar-refractivity contribution in [1.82, 2.24) is 0 Å². The molecule has 104 valence electrons. The topological polar surface area (TPSA) is 78.4 Å². The summed E-state index contributed by atoms with van der Waals surface area (Å²) in [5.41, 5.74) is 5.09. The number of hydrogen-bond acceptors (Lipinski definition) is 4.